The van der Waals surface area contributed by atoms with Gasteiger partial charge in [-0.2, -0.15) is 5.26 Å². The number of nitriles is 1. The number of ether oxygens (including phenoxy) is 2. The number of aldehydes is 1. The molecular weight excluding hydrogens is 392 g/mol. The van der Waals surface area contributed by atoms with Crippen molar-refractivity contribution in [2.45, 2.75) is 35.4 Å². The number of alkyl halides is 2. The molecule has 4 rings (SSSR count). The molecule has 1 amide bonds. The smallest absolute Gasteiger partial charge is 0.395 e. The van der Waals surface area contributed by atoms with Crippen molar-refractivity contribution in [1.29, 1.82) is 5.26 Å². The summed E-state index contributed by atoms with van der Waals surface area (Å²) in [7, 11) is 3.26. The van der Waals surface area contributed by atoms with Crippen molar-refractivity contribution >= 4 is 24.0 Å². The molecule has 3 heterocycles. The van der Waals surface area contributed by atoms with E-state index in [9.17, 15) is 23.6 Å². The zero-order chi connectivity index (χ0) is 20.5. The number of halogens is 2. The van der Waals surface area contributed by atoms with Crippen LogP contribution in [0.15, 0.2) is 18.2 Å². The Labute approximate surface area is 164 Å². The number of amides is 1. The van der Waals surface area contributed by atoms with Gasteiger partial charge < -0.3 is 14.4 Å². The summed E-state index contributed by atoms with van der Waals surface area (Å²) in [6, 6.07) is 6.05. The number of benzene rings is 1. The predicted molar refractivity (Wildman–Crippen MR) is 94.4 cm³/mol. The van der Waals surface area contributed by atoms with E-state index >= 15 is 0 Å². The minimum Gasteiger partial charge on any atom is -0.395 e. The van der Waals surface area contributed by atoms with Crippen LogP contribution < -0.4 is 9.47 Å². The highest BCUT2D eigenvalue weighted by Gasteiger charge is 2.65. The van der Waals surface area contributed by atoms with Crippen LogP contribution in [0.1, 0.15) is 24.9 Å². The number of hydrogen-bond acceptors (Lipinski definition) is 7. The number of nitrogens with zero attached hydrogens (tertiary/aromatic N) is 3. The van der Waals surface area contributed by atoms with Gasteiger partial charge in [0, 0.05) is 13.5 Å². The largest absolute Gasteiger partial charge is 0.586 e. The van der Waals surface area contributed by atoms with E-state index < -0.39 is 28.0 Å². The standard InChI is InChI=1S/C18H17F2N3O4S/c1-16(9-24)23(3)15(25)17(28-16)7-11(8-21)14(22(17)2)10-4-5-12-13(6-10)27-18(19,20)26-12/h4-6,9,11,14H,7H2,1-3H3. The Kier molecular flexibility index (Phi) is 3.93. The monoisotopic (exact) mass is 409 g/mol. The number of fused-ring (bicyclic) bond motifs is 1. The Hall–Kier alpha value is -2.38. The fourth-order valence-electron chi connectivity index (χ4n) is 4.14. The maximum absolute atomic E-state index is 13.3. The molecule has 0 radical (unpaired) electrons. The zero-order valence-electron chi connectivity index (χ0n) is 15.3. The molecule has 7 nitrogen and oxygen atoms in total. The minimum atomic E-state index is -3.73. The van der Waals surface area contributed by atoms with Crippen molar-refractivity contribution < 1.29 is 27.8 Å². The number of carbonyl (C=O) groups excluding carboxylic acids is 2. The predicted octanol–water partition coefficient (Wildman–Crippen LogP) is 2.34. The van der Waals surface area contributed by atoms with Crippen LogP contribution in [0.3, 0.4) is 0 Å². The van der Waals surface area contributed by atoms with Gasteiger partial charge in [0.2, 0.25) is 0 Å². The fourth-order valence-corrected chi connectivity index (χ4v) is 5.84. The Morgan fingerprint density at radius 1 is 1.32 bits per heavy atom. The summed E-state index contributed by atoms with van der Waals surface area (Å²) in [6.07, 6.45) is -2.80. The molecule has 0 N–H and O–H groups in total. The Morgan fingerprint density at radius 3 is 2.61 bits per heavy atom. The van der Waals surface area contributed by atoms with Gasteiger partial charge in [-0.3, -0.25) is 14.5 Å². The van der Waals surface area contributed by atoms with Gasteiger partial charge in [-0.05, 0) is 31.7 Å². The average molecular weight is 409 g/mol. The summed E-state index contributed by atoms with van der Waals surface area (Å²) in [5.41, 5.74) is 0.557. The first-order valence-electron chi connectivity index (χ1n) is 8.54. The molecule has 2 saturated heterocycles. The molecule has 0 aliphatic carbocycles. The first kappa shape index (κ1) is 19.0. The summed E-state index contributed by atoms with van der Waals surface area (Å²) in [6.45, 7) is 1.66. The lowest BCUT2D eigenvalue weighted by molar-refractivity contribution is -0.286. The molecule has 1 aromatic carbocycles. The van der Waals surface area contributed by atoms with Crippen molar-refractivity contribution in [1.82, 2.24) is 9.80 Å². The van der Waals surface area contributed by atoms with Crippen LogP contribution in [-0.2, 0) is 9.59 Å². The normalized spacial score (nSPS) is 36.1. The molecule has 0 saturated carbocycles. The maximum Gasteiger partial charge on any atom is 0.586 e. The van der Waals surface area contributed by atoms with Gasteiger partial charge >= 0.3 is 6.29 Å². The maximum atomic E-state index is 13.3. The zero-order valence-corrected chi connectivity index (χ0v) is 16.1. The quantitative estimate of drug-likeness (QED) is 0.694. The molecule has 4 atom stereocenters. The van der Waals surface area contributed by atoms with E-state index in [1.165, 1.54) is 28.8 Å². The minimum absolute atomic E-state index is 0.0859. The van der Waals surface area contributed by atoms with E-state index in [-0.39, 0.29) is 23.8 Å². The second-order valence-electron chi connectivity index (χ2n) is 7.29. The van der Waals surface area contributed by atoms with E-state index in [1.54, 1.807) is 32.0 Å². The van der Waals surface area contributed by atoms with E-state index in [0.717, 1.165) is 6.29 Å². The number of thioether (sulfide) groups is 1. The van der Waals surface area contributed by atoms with Crippen LogP contribution in [0.4, 0.5) is 8.78 Å². The SMILES string of the molecule is CN1C(=O)C2(CC(C#N)C(c3ccc4c(c3)OC(F)(F)O4)N2C)SC1(C)C=O. The Balaban J connectivity index is 1.73. The number of likely N-dealkylation sites (N-methyl/N-ethyl adjacent to an activating group) is 2. The Bertz CT molecular complexity index is 923. The van der Waals surface area contributed by atoms with Crippen molar-refractivity contribution in [2.75, 3.05) is 14.1 Å². The van der Waals surface area contributed by atoms with Gasteiger partial charge in [0.25, 0.3) is 5.91 Å². The van der Waals surface area contributed by atoms with Crippen LogP contribution in [0.25, 0.3) is 0 Å². The highest BCUT2D eigenvalue weighted by molar-refractivity contribution is 8.03. The number of carbonyl (C=O) groups is 2. The summed E-state index contributed by atoms with van der Waals surface area (Å²) in [5, 5.41) is 9.72. The molecule has 3 aliphatic rings. The van der Waals surface area contributed by atoms with Gasteiger partial charge in [0.1, 0.15) is 4.87 Å². The third kappa shape index (κ3) is 2.42. The number of likely N-dealkylation sites (tertiary alicyclic amines) is 1. The average Bonchev–Trinajstić information content (AvgIpc) is 3.18. The van der Waals surface area contributed by atoms with Gasteiger partial charge in [-0.25, -0.2) is 0 Å². The molecular formula is C18H17F2N3O4S. The third-order valence-corrected chi connectivity index (χ3v) is 7.45. The van der Waals surface area contributed by atoms with Crippen LogP contribution in [0.5, 0.6) is 11.5 Å². The molecule has 0 aromatic heterocycles. The molecule has 1 spiro atoms. The molecule has 2 fully saturated rings. The summed E-state index contributed by atoms with van der Waals surface area (Å²) >= 11 is 1.20. The summed E-state index contributed by atoms with van der Waals surface area (Å²) < 4.78 is 35.6. The van der Waals surface area contributed by atoms with Crippen molar-refractivity contribution in [2.24, 2.45) is 5.92 Å². The van der Waals surface area contributed by atoms with E-state index in [2.05, 4.69) is 15.5 Å². The molecule has 1 aromatic rings. The van der Waals surface area contributed by atoms with Crippen LogP contribution in [-0.4, -0.2) is 52.1 Å². The molecule has 148 valence electrons. The first-order valence-corrected chi connectivity index (χ1v) is 9.36. The summed E-state index contributed by atoms with van der Waals surface area (Å²) in [4.78, 5) is 25.7. The van der Waals surface area contributed by atoms with E-state index in [0.29, 0.717) is 5.56 Å². The lowest BCUT2D eigenvalue weighted by Crippen LogP contribution is -2.47. The van der Waals surface area contributed by atoms with E-state index in [4.69, 9.17) is 0 Å². The molecule has 10 heteroatoms. The van der Waals surface area contributed by atoms with Crippen LogP contribution in [0.2, 0.25) is 0 Å². The topological polar surface area (TPSA) is 82.9 Å². The van der Waals surface area contributed by atoms with Gasteiger partial charge in [0.15, 0.2) is 22.7 Å². The second kappa shape index (κ2) is 5.81. The van der Waals surface area contributed by atoms with Crippen LogP contribution >= 0.6 is 11.8 Å². The van der Waals surface area contributed by atoms with Crippen molar-refractivity contribution in [3.8, 4) is 17.6 Å². The lowest BCUT2D eigenvalue weighted by atomic mass is 9.94. The van der Waals surface area contributed by atoms with Crippen LogP contribution in [0, 0.1) is 17.2 Å². The fraction of sp³-hybridized carbons (Fsp3) is 0.500. The number of rotatable bonds is 2. The summed E-state index contributed by atoms with van der Waals surface area (Å²) in [5.74, 6) is -1.04. The van der Waals surface area contributed by atoms with Gasteiger partial charge in [-0.1, -0.05) is 17.8 Å². The number of hydrogen-bond donors (Lipinski definition) is 0. The third-order valence-electron chi connectivity index (χ3n) is 5.70. The van der Waals surface area contributed by atoms with Gasteiger partial charge in [-0.15, -0.1) is 8.78 Å². The van der Waals surface area contributed by atoms with Gasteiger partial charge in [0.05, 0.1) is 18.0 Å². The molecule has 0 bridgehead atoms. The first-order chi connectivity index (χ1) is 13.1. The molecule has 28 heavy (non-hydrogen) atoms. The second-order valence-corrected chi connectivity index (χ2v) is 9.00. The van der Waals surface area contributed by atoms with Crippen molar-refractivity contribution in [3.63, 3.8) is 0 Å². The highest BCUT2D eigenvalue weighted by Crippen LogP contribution is 2.59. The van der Waals surface area contributed by atoms with E-state index in [1.807, 2.05) is 0 Å². The highest BCUT2D eigenvalue weighted by atomic mass is 32.2. The van der Waals surface area contributed by atoms with Crippen molar-refractivity contribution in [3.05, 3.63) is 23.8 Å². The molecule has 4 unspecified atom stereocenters. The Morgan fingerprint density at radius 2 is 2.00 bits per heavy atom. The molecule has 3 aliphatic heterocycles. The lowest BCUT2D eigenvalue weighted by Gasteiger charge is -2.32.